The normalized spacial score (nSPS) is 11.9. The maximum Gasteiger partial charge on any atom is 0.417 e. The molecule has 0 spiro atoms. The number of hydrogen-bond acceptors (Lipinski definition) is 7. The Balaban J connectivity index is 0.000000375. The molecule has 4 aromatic carbocycles. The van der Waals surface area contributed by atoms with Crippen LogP contribution < -0.4 is 21.8 Å². The average molecular weight is 1100 g/mol. The lowest BCUT2D eigenvalue weighted by molar-refractivity contribution is -0.143. The maximum absolute atomic E-state index is 13.7. The van der Waals surface area contributed by atoms with E-state index in [4.69, 9.17) is 51.1 Å². The fraction of sp³-hybridized carbons (Fsp3) is 0.255. The molecule has 2 atom stereocenters. The van der Waals surface area contributed by atoms with E-state index in [-0.39, 0.29) is 81.4 Å². The van der Waals surface area contributed by atoms with Gasteiger partial charge in [0.05, 0.1) is 60.6 Å². The molecule has 0 saturated carbocycles. The van der Waals surface area contributed by atoms with Gasteiger partial charge in [0.2, 0.25) is 0 Å². The van der Waals surface area contributed by atoms with Crippen molar-refractivity contribution in [3.05, 3.63) is 183 Å². The summed E-state index contributed by atoms with van der Waals surface area (Å²) < 4.78 is 88.9. The van der Waals surface area contributed by atoms with E-state index >= 15 is 0 Å². The number of aromatic nitrogens is 2. The molecule has 0 bridgehead atoms. The summed E-state index contributed by atoms with van der Waals surface area (Å²) in [6.45, 7) is 2.82. The van der Waals surface area contributed by atoms with Gasteiger partial charge in [0.25, 0.3) is 22.9 Å². The van der Waals surface area contributed by atoms with E-state index < -0.39 is 81.6 Å². The highest BCUT2D eigenvalue weighted by Gasteiger charge is 2.37. The highest BCUT2D eigenvalue weighted by Crippen LogP contribution is 2.37. The van der Waals surface area contributed by atoms with Gasteiger partial charge in [-0.1, -0.05) is 122 Å². The fourth-order valence-electron chi connectivity index (χ4n) is 7.16. The number of carbonyl (C=O) groups excluding carboxylic acids is 3. The number of ether oxygens (including phenoxy) is 1. The Hall–Kier alpha value is -6.60. The number of carboxylic acid groups (broad SMARTS) is 1. The molecule has 6 aromatic rings. The van der Waals surface area contributed by atoms with E-state index in [9.17, 15) is 60.2 Å². The third-order valence-electron chi connectivity index (χ3n) is 11.1. The van der Waals surface area contributed by atoms with Gasteiger partial charge in [0, 0.05) is 38.3 Å². The summed E-state index contributed by atoms with van der Waals surface area (Å²) in [6.07, 6.45) is -9.70. The largest absolute Gasteiger partial charge is 0.480 e. The number of alkyl halides is 6. The summed E-state index contributed by atoms with van der Waals surface area (Å²) in [5.74, 6) is -3.57. The van der Waals surface area contributed by atoms with Crippen LogP contribution in [0.4, 0.5) is 26.3 Å². The van der Waals surface area contributed by atoms with Gasteiger partial charge in [0.15, 0.2) is 0 Å². The van der Waals surface area contributed by atoms with Crippen LogP contribution in [0.5, 0.6) is 0 Å². The molecular weight excluding hydrogens is 1050 g/mol. The van der Waals surface area contributed by atoms with E-state index in [1.54, 1.807) is 6.07 Å². The molecule has 0 radical (unpaired) electrons. The zero-order chi connectivity index (χ0) is 52.9. The van der Waals surface area contributed by atoms with Gasteiger partial charge in [-0.2, -0.15) is 26.3 Å². The van der Waals surface area contributed by atoms with E-state index in [1.807, 2.05) is 0 Å². The van der Waals surface area contributed by atoms with Gasteiger partial charge in [-0.3, -0.25) is 19.2 Å². The molecule has 0 aliphatic carbocycles. The Morgan fingerprint density at radius 1 is 0.589 bits per heavy atom. The van der Waals surface area contributed by atoms with E-state index in [0.29, 0.717) is 11.1 Å². The van der Waals surface area contributed by atoms with Crippen molar-refractivity contribution in [3.63, 3.8) is 0 Å². The highest BCUT2D eigenvalue weighted by molar-refractivity contribution is 6.40. The first-order valence-electron chi connectivity index (χ1n) is 20.7. The second-order valence-electron chi connectivity index (χ2n) is 15.8. The van der Waals surface area contributed by atoms with Gasteiger partial charge in [-0.15, -0.1) is 0 Å². The molecule has 390 valence electrons. The molecule has 2 heterocycles. The third-order valence-corrected chi connectivity index (χ3v) is 12.3. The van der Waals surface area contributed by atoms with Gasteiger partial charge in [-0.05, 0) is 72.5 Å². The molecule has 2 unspecified atom stereocenters. The van der Waals surface area contributed by atoms with E-state index in [0.717, 1.165) is 28.4 Å². The molecule has 6 rings (SSSR count). The molecular formula is C51H48Cl4F6N4O8. The molecule has 0 aliphatic heterocycles. The van der Waals surface area contributed by atoms with Crippen molar-refractivity contribution in [2.24, 2.45) is 14.1 Å². The number of amides is 2. The quantitative estimate of drug-likeness (QED) is 0.0805. The number of esters is 1. The number of pyridine rings is 2. The Morgan fingerprint density at radius 2 is 0.904 bits per heavy atom. The van der Waals surface area contributed by atoms with Crippen LogP contribution in [0.1, 0.15) is 69.2 Å². The molecule has 0 aliphatic rings. The van der Waals surface area contributed by atoms with Crippen molar-refractivity contribution in [2.75, 3.05) is 7.11 Å². The van der Waals surface area contributed by atoms with Crippen molar-refractivity contribution in [1.29, 1.82) is 0 Å². The summed E-state index contributed by atoms with van der Waals surface area (Å²) in [5.41, 5.74) is -3.44. The summed E-state index contributed by atoms with van der Waals surface area (Å²) in [7, 11) is 3.92. The number of benzene rings is 4. The zero-order valence-electron chi connectivity index (χ0n) is 37.8. The minimum absolute atomic E-state index is 0. The zero-order valence-corrected chi connectivity index (χ0v) is 40.8. The second kappa shape index (κ2) is 24.9. The van der Waals surface area contributed by atoms with Crippen molar-refractivity contribution in [2.45, 2.75) is 66.0 Å². The minimum Gasteiger partial charge on any atom is -0.480 e. The number of carboxylic acids is 1. The van der Waals surface area contributed by atoms with Crippen LogP contribution in [0.15, 0.2) is 107 Å². The number of aliphatic carboxylic acids is 1. The van der Waals surface area contributed by atoms with Crippen LogP contribution >= 0.6 is 46.4 Å². The van der Waals surface area contributed by atoms with E-state index in [2.05, 4.69) is 10.6 Å². The number of nitrogens with zero attached hydrogens (tertiary/aromatic N) is 2. The standard InChI is InChI=1S/C25H21Cl2F3N2O4.C24H19Cl2F3N2O4.2CH4/c1-13-11-16(25(28,29)30)20(23(34)32(13)2)15-9-7-14(8-10-15)12-19(24(35)36-3)31-22(33)21-17(26)5-4-6-18(21)27;1-12-10-15(24(27,28)29)19(22(33)31(12)2)14-8-6-13(7-9-14)11-18(23(34)35)30-21(32)20-16(25)4-3-5-17(20)26;;/h4-11,19H,12H2,1-3H3,(H,31,33);3-10,18H,11H2,1-2H3,(H,30,32)(H,34,35);2*1H4. The lowest BCUT2D eigenvalue weighted by Crippen LogP contribution is -2.43. The molecule has 22 heteroatoms. The first-order chi connectivity index (χ1) is 33.2. The Bertz CT molecular complexity index is 3100. The van der Waals surface area contributed by atoms with Crippen molar-refractivity contribution in [1.82, 2.24) is 19.8 Å². The number of aryl methyl sites for hydroxylation is 2. The van der Waals surface area contributed by atoms with Crippen molar-refractivity contribution in [3.8, 4) is 22.3 Å². The van der Waals surface area contributed by atoms with Crippen LogP contribution in [-0.2, 0) is 53.6 Å². The molecule has 3 N–H and O–H groups in total. The van der Waals surface area contributed by atoms with Crippen LogP contribution in [0.25, 0.3) is 22.3 Å². The first kappa shape index (κ1) is 60.7. The fourth-order valence-corrected chi connectivity index (χ4v) is 8.30. The Morgan fingerprint density at radius 3 is 1.21 bits per heavy atom. The average Bonchev–Trinajstić information content (AvgIpc) is 3.29. The third kappa shape index (κ3) is 14.3. The molecule has 0 saturated heterocycles. The monoisotopic (exact) mass is 1100 g/mol. The van der Waals surface area contributed by atoms with Crippen molar-refractivity contribution >= 4 is 70.2 Å². The number of halogens is 10. The summed E-state index contributed by atoms with van der Waals surface area (Å²) in [4.78, 5) is 74.7. The van der Waals surface area contributed by atoms with Gasteiger partial charge in [-0.25, -0.2) is 9.59 Å². The predicted molar refractivity (Wildman–Crippen MR) is 270 cm³/mol. The molecule has 0 fully saturated rings. The van der Waals surface area contributed by atoms with Gasteiger partial charge < -0.3 is 29.6 Å². The lowest BCUT2D eigenvalue weighted by Gasteiger charge is -2.18. The molecule has 73 heavy (non-hydrogen) atoms. The van der Waals surface area contributed by atoms with E-state index in [1.165, 1.54) is 107 Å². The maximum atomic E-state index is 13.7. The second-order valence-corrected chi connectivity index (χ2v) is 17.4. The predicted octanol–water partition coefficient (Wildman–Crippen LogP) is 11.6. The lowest BCUT2D eigenvalue weighted by atomic mass is 9.97. The van der Waals surface area contributed by atoms with Gasteiger partial charge in [0.1, 0.15) is 12.1 Å². The SMILES string of the molecule is C.C.COC(=O)C(Cc1ccc(-c2c(C(F)(F)F)cc(C)n(C)c2=O)cc1)NC(=O)c1c(Cl)cccc1Cl.Cc1cc(C(F)(F)F)c(-c2ccc(CC(NC(=O)c3c(Cl)cccc3Cl)C(=O)O)cc2)c(=O)n1C. The molecule has 2 aromatic heterocycles. The number of hydrogen-bond donors (Lipinski definition) is 3. The Labute approximate surface area is 435 Å². The molecule has 12 nitrogen and oxygen atoms in total. The number of carbonyl (C=O) groups is 4. The van der Waals surface area contributed by atoms with Crippen LogP contribution in [0.3, 0.4) is 0 Å². The summed E-state index contributed by atoms with van der Waals surface area (Å²) in [5, 5.41) is 14.7. The number of rotatable bonds is 12. The molecule has 2 amide bonds. The number of methoxy groups -OCH3 is 1. The summed E-state index contributed by atoms with van der Waals surface area (Å²) in [6, 6.07) is 19.3. The van der Waals surface area contributed by atoms with Crippen molar-refractivity contribution < 1.29 is 55.4 Å². The highest BCUT2D eigenvalue weighted by atomic mass is 35.5. The van der Waals surface area contributed by atoms with Gasteiger partial charge >= 0.3 is 24.3 Å². The van der Waals surface area contributed by atoms with Crippen LogP contribution in [0, 0.1) is 13.8 Å². The topological polar surface area (TPSA) is 166 Å². The van der Waals surface area contributed by atoms with Crippen LogP contribution in [-0.4, -0.2) is 57.2 Å². The number of nitrogens with one attached hydrogen (secondary N) is 2. The summed E-state index contributed by atoms with van der Waals surface area (Å²) >= 11 is 24.1. The Kier molecular flexibility index (Phi) is 20.7. The smallest absolute Gasteiger partial charge is 0.417 e. The minimum atomic E-state index is -4.75. The first-order valence-corrected chi connectivity index (χ1v) is 22.2. The van der Waals surface area contributed by atoms with Crippen LogP contribution in [0.2, 0.25) is 20.1 Å².